The van der Waals surface area contributed by atoms with Gasteiger partial charge in [0.05, 0.1) is 0 Å². The van der Waals surface area contributed by atoms with Crippen LogP contribution in [0.5, 0.6) is 0 Å². The average molecular weight is 342 g/mol. The molecule has 3 heterocycles. The maximum absolute atomic E-state index is 12.6. The van der Waals surface area contributed by atoms with Crippen molar-refractivity contribution in [2.45, 2.75) is 45.6 Å². The number of rotatable bonds is 6. The smallest absolute Gasteiger partial charge is 0.257 e. The quantitative estimate of drug-likeness (QED) is 0.817. The van der Waals surface area contributed by atoms with Crippen LogP contribution in [0.25, 0.3) is 11.3 Å². The normalized spacial score (nSPS) is 18.2. The van der Waals surface area contributed by atoms with Crippen LogP contribution in [0.15, 0.2) is 29.0 Å². The third-order valence-electron chi connectivity index (χ3n) is 4.89. The summed E-state index contributed by atoms with van der Waals surface area (Å²) >= 11 is 0. The number of hydrogen-bond acceptors (Lipinski definition) is 5. The van der Waals surface area contributed by atoms with Gasteiger partial charge in [-0.1, -0.05) is 11.6 Å². The monoisotopic (exact) mass is 342 g/mol. The van der Waals surface area contributed by atoms with Crippen LogP contribution in [0.1, 0.15) is 48.7 Å². The first-order valence-corrected chi connectivity index (χ1v) is 9.05. The topological polar surface area (TPSA) is 71.3 Å². The number of piperidine rings is 1. The molecule has 2 aromatic rings. The van der Waals surface area contributed by atoms with Gasteiger partial charge in [0.15, 0.2) is 0 Å². The zero-order valence-corrected chi connectivity index (χ0v) is 15.0. The van der Waals surface area contributed by atoms with Crippen molar-refractivity contribution in [3.8, 4) is 11.3 Å². The Hall–Kier alpha value is -2.21. The molecule has 25 heavy (non-hydrogen) atoms. The van der Waals surface area contributed by atoms with E-state index in [1.54, 1.807) is 19.3 Å². The van der Waals surface area contributed by atoms with Crippen molar-refractivity contribution < 1.29 is 9.32 Å². The summed E-state index contributed by atoms with van der Waals surface area (Å²) in [6.07, 6.45) is 8.21. The molecule has 0 unspecified atom stereocenters. The number of aromatic nitrogens is 2. The molecule has 0 aliphatic carbocycles. The van der Waals surface area contributed by atoms with E-state index in [1.165, 1.54) is 25.8 Å². The average Bonchev–Trinajstić information content (AvgIpc) is 3.02. The van der Waals surface area contributed by atoms with Crippen molar-refractivity contribution in [1.82, 2.24) is 20.4 Å². The summed E-state index contributed by atoms with van der Waals surface area (Å²) in [5, 5.41) is 7.06. The lowest BCUT2D eigenvalue weighted by Gasteiger charge is -2.33. The second-order valence-electron chi connectivity index (χ2n) is 6.69. The predicted octanol–water partition coefficient (Wildman–Crippen LogP) is 3.04. The first-order valence-electron chi connectivity index (χ1n) is 9.05. The van der Waals surface area contributed by atoms with Gasteiger partial charge in [0.1, 0.15) is 17.0 Å². The highest BCUT2D eigenvalue weighted by Crippen LogP contribution is 2.24. The zero-order valence-electron chi connectivity index (χ0n) is 15.0. The van der Waals surface area contributed by atoms with E-state index in [1.807, 2.05) is 12.1 Å². The van der Waals surface area contributed by atoms with Gasteiger partial charge in [0.2, 0.25) is 0 Å². The molecular formula is C19H26N4O2. The Morgan fingerprint density at radius 1 is 1.36 bits per heavy atom. The molecular weight excluding hydrogens is 316 g/mol. The molecule has 6 heteroatoms. The molecule has 0 aromatic carbocycles. The van der Waals surface area contributed by atoms with Gasteiger partial charge < -0.3 is 14.7 Å². The molecule has 1 fully saturated rings. The van der Waals surface area contributed by atoms with Crippen molar-refractivity contribution in [3.63, 3.8) is 0 Å². The third-order valence-corrected chi connectivity index (χ3v) is 4.89. The second kappa shape index (κ2) is 8.25. The minimum absolute atomic E-state index is 0.128. The molecule has 0 saturated carbocycles. The standard InChI is InChI=1S/C19H26N4O2/c1-14-6-3-4-12-23(14)13-5-9-21-19(24)17-15(2)25-22-18(17)16-7-10-20-11-8-16/h7-8,10-11,14H,3-6,9,12-13H2,1-2H3,(H,21,24)/t14-/m0/s1. The summed E-state index contributed by atoms with van der Waals surface area (Å²) < 4.78 is 5.25. The van der Waals surface area contributed by atoms with Crippen LogP contribution in [0.2, 0.25) is 0 Å². The molecule has 0 bridgehead atoms. The fourth-order valence-corrected chi connectivity index (χ4v) is 3.41. The van der Waals surface area contributed by atoms with Gasteiger partial charge in [-0.05, 0) is 51.8 Å². The van der Waals surface area contributed by atoms with E-state index < -0.39 is 0 Å². The molecule has 3 rings (SSSR count). The molecule has 1 aliphatic rings. The highest BCUT2D eigenvalue weighted by molar-refractivity contribution is 6.00. The molecule has 1 amide bonds. The lowest BCUT2D eigenvalue weighted by molar-refractivity contribution is 0.0948. The second-order valence-corrected chi connectivity index (χ2v) is 6.69. The predicted molar refractivity (Wildman–Crippen MR) is 96.3 cm³/mol. The lowest BCUT2D eigenvalue weighted by atomic mass is 10.0. The summed E-state index contributed by atoms with van der Waals surface area (Å²) in [6.45, 7) is 6.91. The fraction of sp³-hybridized carbons (Fsp3) is 0.526. The van der Waals surface area contributed by atoms with Gasteiger partial charge in [-0.15, -0.1) is 0 Å². The Labute approximate surface area is 148 Å². The molecule has 1 saturated heterocycles. The van der Waals surface area contributed by atoms with Crippen molar-refractivity contribution in [2.24, 2.45) is 0 Å². The largest absolute Gasteiger partial charge is 0.360 e. The summed E-state index contributed by atoms with van der Waals surface area (Å²) in [4.78, 5) is 19.1. The maximum Gasteiger partial charge on any atom is 0.257 e. The molecule has 134 valence electrons. The van der Waals surface area contributed by atoms with E-state index in [9.17, 15) is 4.79 Å². The van der Waals surface area contributed by atoms with Gasteiger partial charge in [0.25, 0.3) is 5.91 Å². The van der Waals surface area contributed by atoms with Gasteiger partial charge in [-0.25, -0.2) is 0 Å². The lowest BCUT2D eigenvalue weighted by Crippen LogP contribution is -2.39. The third kappa shape index (κ3) is 4.25. The zero-order chi connectivity index (χ0) is 17.6. The van der Waals surface area contributed by atoms with E-state index in [0.717, 1.165) is 18.5 Å². The van der Waals surface area contributed by atoms with Crippen LogP contribution in [-0.2, 0) is 0 Å². The van der Waals surface area contributed by atoms with E-state index in [-0.39, 0.29) is 5.91 Å². The number of likely N-dealkylation sites (tertiary alicyclic amines) is 1. The fourth-order valence-electron chi connectivity index (χ4n) is 3.41. The van der Waals surface area contributed by atoms with Crippen molar-refractivity contribution in [3.05, 3.63) is 35.9 Å². The summed E-state index contributed by atoms with van der Waals surface area (Å²) in [5.74, 6) is 0.409. The molecule has 1 N–H and O–H groups in total. The van der Waals surface area contributed by atoms with E-state index in [2.05, 4.69) is 27.3 Å². The number of hydrogen-bond donors (Lipinski definition) is 1. The van der Waals surface area contributed by atoms with E-state index in [4.69, 9.17) is 4.52 Å². The molecule has 1 atom stereocenters. The summed E-state index contributed by atoms with van der Waals surface area (Å²) in [6, 6.07) is 4.31. The molecule has 0 spiro atoms. The number of nitrogens with one attached hydrogen (secondary N) is 1. The van der Waals surface area contributed by atoms with Crippen molar-refractivity contribution in [1.29, 1.82) is 0 Å². The summed E-state index contributed by atoms with van der Waals surface area (Å²) in [5.41, 5.74) is 1.92. The van der Waals surface area contributed by atoms with Crippen LogP contribution >= 0.6 is 0 Å². The molecule has 1 aliphatic heterocycles. The number of carbonyl (C=O) groups excluding carboxylic acids is 1. The minimum atomic E-state index is -0.128. The van der Waals surface area contributed by atoms with Crippen LogP contribution in [0, 0.1) is 6.92 Å². The van der Waals surface area contributed by atoms with E-state index in [0.29, 0.717) is 29.6 Å². The summed E-state index contributed by atoms with van der Waals surface area (Å²) in [7, 11) is 0. The van der Waals surface area contributed by atoms with Crippen LogP contribution in [0.4, 0.5) is 0 Å². The maximum atomic E-state index is 12.6. The number of amides is 1. The number of aryl methyl sites for hydroxylation is 1. The van der Waals surface area contributed by atoms with Gasteiger partial charge >= 0.3 is 0 Å². The Morgan fingerprint density at radius 3 is 2.92 bits per heavy atom. The Bertz CT molecular complexity index is 699. The number of nitrogens with zero attached hydrogens (tertiary/aromatic N) is 3. The van der Waals surface area contributed by atoms with Crippen LogP contribution < -0.4 is 5.32 Å². The number of pyridine rings is 1. The van der Waals surface area contributed by atoms with Crippen LogP contribution in [0.3, 0.4) is 0 Å². The molecule has 2 aromatic heterocycles. The first-order chi connectivity index (χ1) is 12.2. The minimum Gasteiger partial charge on any atom is -0.360 e. The SMILES string of the molecule is Cc1onc(-c2ccncc2)c1C(=O)NCCCN1CCCC[C@@H]1C. The Kier molecular flexibility index (Phi) is 5.81. The van der Waals surface area contributed by atoms with Gasteiger partial charge in [-0.3, -0.25) is 9.78 Å². The van der Waals surface area contributed by atoms with E-state index >= 15 is 0 Å². The van der Waals surface area contributed by atoms with Crippen LogP contribution in [-0.4, -0.2) is 46.6 Å². The highest BCUT2D eigenvalue weighted by atomic mass is 16.5. The number of carbonyl (C=O) groups is 1. The van der Waals surface area contributed by atoms with Gasteiger partial charge in [0, 0.05) is 37.1 Å². The van der Waals surface area contributed by atoms with Gasteiger partial charge in [-0.2, -0.15) is 0 Å². The Morgan fingerprint density at radius 2 is 2.16 bits per heavy atom. The first kappa shape index (κ1) is 17.6. The molecule has 0 radical (unpaired) electrons. The van der Waals surface area contributed by atoms with Crippen molar-refractivity contribution >= 4 is 5.91 Å². The highest BCUT2D eigenvalue weighted by Gasteiger charge is 2.22. The Balaban J connectivity index is 1.56. The van der Waals surface area contributed by atoms with Crippen molar-refractivity contribution in [2.75, 3.05) is 19.6 Å². The molecule has 6 nitrogen and oxygen atoms in total.